The number of benzene rings is 2. The van der Waals surface area contributed by atoms with Gasteiger partial charge in [-0.2, -0.15) is 5.10 Å². The molecular weight excluding hydrogens is 426 g/mol. The molecule has 1 amide bonds. The lowest BCUT2D eigenvalue weighted by Gasteiger charge is -2.28. The first-order valence-corrected chi connectivity index (χ1v) is 12.4. The lowest BCUT2D eigenvalue weighted by Crippen LogP contribution is -2.40. The zero-order chi connectivity index (χ0) is 23.3. The molecule has 0 spiro atoms. The highest BCUT2D eigenvalue weighted by atomic mass is 16.5. The third-order valence-corrected chi connectivity index (χ3v) is 6.91. The van der Waals surface area contributed by atoms with Crippen molar-refractivity contribution < 1.29 is 14.3 Å². The molecule has 2 fully saturated rings. The Morgan fingerprint density at radius 2 is 1.74 bits per heavy atom. The van der Waals surface area contributed by atoms with Gasteiger partial charge in [0.05, 0.1) is 18.2 Å². The van der Waals surface area contributed by atoms with E-state index in [1.165, 1.54) is 0 Å². The third kappa shape index (κ3) is 5.02. The number of rotatable bonds is 8. The van der Waals surface area contributed by atoms with Gasteiger partial charge in [0.15, 0.2) is 0 Å². The van der Waals surface area contributed by atoms with Crippen LogP contribution in [0.4, 0.5) is 0 Å². The Balaban J connectivity index is 1.52. The van der Waals surface area contributed by atoms with Gasteiger partial charge in [-0.25, -0.2) is 4.68 Å². The highest BCUT2D eigenvalue weighted by Crippen LogP contribution is 2.35. The number of carbonyl (C=O) groups is 1. The fraction of sp³-hybridized carbons (Fsp3) is 0.429. The summed E-state index contributed by atoms with van der Waals surface area (Å²) >= 11 is 0. The second kappa shape index (κ2) is 10.4. The van der Waals surface area contributed by atoms with Crippen molar-refractivity contribution in [2.45, 2.75) is 51.2 Å². The van der Waals surface area contributed by atoms with Gasteiger partial charge < -0.3 is 14.4 Å². The van der Waals surface area contributed by atoms with Crippen LogP contribution in [-0.2, 0) is 23.1 Å². The molecule has 1 atom stereocenters. The predicted molar refractivity (Wildman–Crippen MR) is 132 cm³/mol. The minimum atomic E-state index is 0.0979. The topological polar surface area (TPSA) is 56.6 Å². The van der Waals surface area contributed by atoms with Crippen LogP contribution in [0, 0.1) is 5.92 Å². The van der Waals surface area contributed by atoms with Crippen molar-refractivity contribution in [1.82, 2.24) is 14.7 Å². The Hall–Kier alpha value is -3.12. The summed E-state index contributed by atoms with van der Waals surface area (Å²) in [6.07, 6.45) is 6.38. The number of aryl methyl sites for hydroxylation is 1. The summed E-state index contributed by atoms with van der Waals surface area (Å²) in [5, 5.41) is 4.84. The zero-order valence-electron chi connectivity index (χ0n) is 19.9. The van der Waals surface area contributed by atoms with Crippen molar-refractivity contribution in [3.8, 4) is 22.9 Å². The summed E-state index contributed by atoms with van der Waals surface area (Å²) in [7, 11) is 1.90. The highest BCUT2D eigenvalue weighted by molar-refractivity contribution is 5.79. The average molecular weight is 460 g/mol. The maximum absolute atomic E-state index is 13.7. The molecule has 0 radical (unpaired) electrons. The molecule has 1 aromatic heterocycles. The van der Waals surface area contributed by atoms with Crippen LogP contribution in [0.25, 0.3) is 11.3 Å². The Bertz CT molecular complexity index is 1080. The fourth-order valence-corrected chi connectivity index (χ4v) is 5.14. The number of carbonyl (C=O) groups excluding carboxylic acids is 1. The highest BCUT2D eigenvalue weighted by Gasteiger charge is 2.32. The third-order valence-electron chi connectivity index (χ3n) is 6.91. The number of hydrogen-bond donors (Lipinski definition) is 0. The Labute approximate surface area is 201 Å². The monoisotopic (exact) mass is 459 g/mol. The van der Waals surface area contributed by atoms with Crippen LogP contribution in [0.5, 0.6) is 11.6 Å². The molecule has 1 saturated carbocycles. The van der Waals surface area contributed by atoms with Crippen LogP contribution in [-0.4, -0.2) is 39.8 Å². The summed E-state index contributed by atoms with van der Waals surface area (Å²) in [5.74, 6) is 1.76. The van der Waals surface area contributed by atoms with Gasteiger partial charge in [-0.15, -0.1) is 0 Å². The van der Waals surface area contributed by atoms with E-state index in [4.69, 9.17) is 14.6 Å². The maximum Gasteiger partial charge on any atom is 0.226 e. The van der Waals surface area contributed by atoms with Crippen molar-refractivity contribution in [3.05, 3.63) is 66.2 Å². The van der Waals surface area contributed by atoms with E-state index in [0.717, 1.165) is 67.7 Å². The minimum Gasteiger partial charge on any atom is -0.439 e. The summed E-state index contributed by atoms with van der Waals surface area (Å²) in [4.78, 5) is 15.7. The van der Waals surface area contributed by atoms with E-state index >= 15 is 0 Å². The van der Waals surface area contributed by atoms with Gasteiger partial charge in [-0.3, -0.25) is 4.79 Å². The van der Waals surface area contributed by atoms with Gasteiger partial charge >= 0.3 is 0 Å². The normalized spacial score (nSPS) is 18.3. The van der Waals surface area contributed by atoms with Crippen molar-refractivity contribution in [1.29, 1.82) is 0 Å². The first-order valence-electron chi connectivity index (χ1n) is 12.4. The summed E-state index contributed by atoms with van der Waals surface area (Å²) in [5.41, 5.74) is 2.80. The Morgan fingerprint density at radius 1 is 1.03 bits per heavy atom. The van der Waals surface area contributed by atoms with E-state index in [0.29, 0.717) is 19.0 Å². The second-order valence-corrected chi connectivity index (χ2v) is 9.37. The molecule has 5 rings (SSSR count). The molecule has 178 valence electrons. The molecule has 6 nitrogen and oxygen atoms in total. The minimum absolute atomic E-state index is 0.0979. The van der Waals surface area contributed by atoms with Crippen LogP contribution >= 0.6 is 0 Å². The van der Waals surface area contributed by atoms with Gasteiger partial charge in [0.1, 0.15) is 11.4 Å². The smallest absolute Gasteiger partial charge is 0.226 e. The first-order chi connectivity index (χ1) is 16.7. The fourth-order valence-electron chi connectivity index (χ4n) is 5.14. The Kier molecular flexibility index (Phi) is 6.95. The molecule has 2 heterocycles. The molecule has 2 aromatic carbocycles. The molecule has 0 unspecified atom stereocenters. The average Bonchev–Trinajstić information content (AvgIpc) is 3.64. The number of hydrogen-bond acceptors (Lipinski definition) is 4. The number of para-hydroxylation sites is 1. The lowest BCUT2D eigenvalue weighted by molar-refractivity contribution is -0.137. The zero-order valence-corrected chi connectivity index (χ0v) is 19.9. The van der Waals surface area contributed by atoms with E-state index in [1.807, 2.05) is 60.5 Å². The van der Waals surface area contributed by atoms with Gasteiger partial charge in [0, 0.05) is 31.7 Å². The SMILES string of the molecule is Cn1nc(-c2ccccc2)c(CN(C[C@H]2CCCO2)C(=O)C2CCCC2)c1Oc1ccccc1. The molecule has 6 heteroatoms. The van der Waals surface area contributed by atoms with Gasteiger partial charge in [0.25, 0.3) is 0 Å². The van der Waals surface area contributed by atoms with Crippen LogP contribution < -0.4 is 4.74 Å². The van der Waals surface area contributed by atoms with E-state index in [9.17, 15) is 4.79 Å². The molecule has 0 bridgehead atoms. The summed E-state index contributed by atoms with van der Waals surface area (Å²) in [6.45, 7) is 1.85. The number of nitrogens with zero attached hydrogens (tertiary/aromatic N) is 3. The Morgan fingerprint density at radius 3 is 2.41 bits per heavy atom. The first kappa shape index (κ1) is 22.7. The number of amides is 1. The summed E-state index contributed by atoms with van der Waals surface area (Å²) in [6, 6.07) is 19.9. The van der Waals surface area contributed by atoms with Crippen molar-refractivity contribution in [2.75, 3.05) is 13.2 Å². The molecular formula is C28H33N3O3. The standard InChI is InChI=1S/C28H33N3O3/c1-30-28(34-23-15-6-3-7-16-23)25(26(29-30)21-11-4-2-5-12-21)20-31(19-24-17-10-18-33-24)27(32)22-13-8-9-14-22/h2-7,11-12,15-16,22,24H,8-10,13-14,17-20H2,1H3/t24-/m1/s1. The van der Waals surface area contributed by atoms with Gasteiger partial charge in [0.2, 0.25) is 11.8 Å². The van der Waals surface area contributed by atoms with Gasteiger partial charge in [-0.05, 0) is 37.8 Å². The van der Waals surface area contributed by atoms with E-state index in [1.54, 1.807) is 4.68 Å². The largest absolute Gasteiger partial charge is 0.439 e. The van der Waals surface area contributed by atoms with E-state index in [2.05, 4.69) is 12.1 Å². The van der Waals surface area contributed by atoms with Crippen LogP contribution in [0.15, 0.2) is 60.7 Å². The molecule has 1 aliphatic heterocycles. The van der Waals surface area contributed by atoms with E-state index < -0.39 is 0 Å². The van der Waals surface area contributed by atoms with Gasteiger partial charge in [-0.1, -0.05) is 61.4 Å². The lowest BCUT2D eigenvalue weighted by atomic mass is 10.0. The molecule has 0 N–H and O–H groups in total. The van der Waals surface area contributed by atoms with Crippen LogP contribution in [0.3, 0.4) is 0 Å². The van der Waals surface area contributed by atoms with Crippen molar-refractivity contribution in [3.63, 3.8) is 0 Å². The molecule has 34 heavy (non-hydrogen) atoms. The van der Waals surface area contributed by atoms with Crippen LogP contribution in [0.1, 0.15) is 44.1 Å². The predicted octanol–water partition coefficient (Wildman–Crippen LogP) is 5.58. The summed E-state index contributed by atoms with van der Waals surface area (Å²) < 4.78 is 14.1. The molecule has 1 aliphatic carbocycles. The quantitative estimate of drug-likeness (QED) is 0.441. The van der Waals surface area contributed by atoms with E-state index in [-0.39, 0.29) is 17.9 Å². The van der Waals surface area contributed by atoms with Crippen LogP contribution in [0.2, 0.25) is 0 Å². The number of aromatic nitrogens is 2. The maximum atomic E-state index is 13.7. The molecule has 3 aromatic rings. The van der Waals surface area contributed by atoms with Crippen molar-refractivity contribution >= 4 is 5.91 Å². The number of ether oxygens (including phenoxy) is 2. The van der Waals surface area contributed by atoms with Crippen molar-refractivity contribution in [2.24, 2.45) is 13.0 Å². The molecule has 1 saturated heterocycles. The molecule has 2 aliphatic rings. The second-order valence-electron chi connectivity index (χ2n) is 9.37.